The number of halogens is 2. The SMILES string of the molecule is O=C(CCOc1ccc(Cl)c(Cl)c1)NC1(CO)CCC1. The molecule has 0 aliphatic heterocycles. The van der Waals surface area contributed by atoms with Crippen LogP contribution in [0.3, 0.4) is 0 Å². The summed E-state index contributed by atoms with van der Waals surface area (Å²) in [6.07, 6.45) is 2.95. The van der Waals surface area contributed by atoms with Crippen LogP contribution in [0.4, 0.5) is 0 Å². The van der Waals surface area contributed by atoms with Gasteiger partial charge in [0.1, 0.15) is 5.75 Å². The summed E-state index contributed by atoms with van der Waals surface area (Å²) in [6, 6.07) is 4.96. The Bertz CT molecular complexity index is 484. The largest absolute Gasteiger partial charge is 0.493 e. The molecule has 110 valence electrons. The maximum Gasteiger partial charge on any atom is 0.223 e. The zero-order valence-electron chi connectivity index (χ0n) is 11.0. The summed E-state index contributed by atoms with van der Waals surface area (Å²) < 4.78 is 5.45. The van der Waals surface area contributed by atoms with Gasteiger partial charge < -0.3 is 15.2 Å². The van der Waals surface area contributed by atoms with Gasteiger partial charge in [0.05, 0.1) is 35.2 Å². The fourth-order valence-electron chi connectivity index (χ4n) is 2.11. The number of carbonyl (C=O) groups is 1. The first-order valence-electron chi connectivity index (χ1n) is 6.54. The van der Waals surface area contributed by atoms with Crippen molar-refractivity contribution in [3.05, 3.63) is 28.2 Å². The highest BCUT2D eigenvalue weighted by molar-refractivity contribution is 6.42. The van der Waals surface area contributed by atoms with E-state index in [4.69, 9.17) is 27.9 Å². The molecule has 0 radical (unpaired) electrons. The van der Waals surface area contributed by atoms with Crippen LogP contribution in [0, 0.1) is 0 Å². The molecule has 2 rings (SSSR count). The van der Waals surface area contributed by atoms with Crippen molar-refractivity contribution in [1.82, 2.24) is 5.32 Å². The van der Waals surface area contributed by atoms with E-state index in [-0.39, 0.29) is 25.5 Å². The summed E-state index contributed by atoms with van der Waals surface area (Å²) in [7, 11) is 0. The van der Waals surface area contributed by atoms with Gasteiger partial charge >= 0.3 is 0 Å². The van der Waals surface area contributed by atoms with Crippen LogP contribution in [-0.2, 0) is 4.79 Å². The highest BCUT2D eigenvalue weighted by Crippen LogP contribution is 2.31. The van der Waals surface area contributed by atoms with Crippen LogP contribution in [0.25, 0.3) is 0 Å². The standard InChI is InChI=1S/C14H17Cl2NO3/c15-11-3-2-10(8-12(11)16)20-7-4-13(19)17-14(9-18)5-1-6-14/h2-3,8,18H,1,4-7,9H2,(H,17,19). The molecular weight excluding hydrogens is 301 g/mol. The van der Waals surface area contributed by atoms with Gasteiger partial charge in [0.15, 0.2) is 0 Å². The van der Waals surface area contributed by atoms with E-state index in [1.165, 1.54) is 0 Å². The maximum atomic E-state index is 11.8. The molecule has 0 unspecified atom stereocenters. The van der Waals surface area contributed by atoms with E-state index in [2.05, 4.69) is 5.32 Å². The lowest BCUT2D eigenvalue weighted by atomic mass is 9.77. The van der Waals surface area contributed by atoms with E-state index in [9.17, 15) is 9.90 Å². The van der Waals surface area contributed by atoms with Crippen LogP contribution in [0.2, 0.25) is 10.0 Å². The molecule has 1 fully saturated rings. The second-order valence-electron chi connectivity index (χ2n) is 5.01. The van der Waals surface area contributed by atoms with Gasteiger partial charge in [-0.2, -0.15) is 0 Å². The minimum absolute atomic E-state index is 0.00755. The molecule has 1 aliphatic rings. The molecule has 1 aliphatic carbocycles. The number of aliphatic hydroxyl groups excluding tert-OH is 1. The van der Waals surface area contributed by atoms with Gasteiger partial charge in [0, 0.05) is 6.07 Å². The van der Waals surface area contributed by atoms with Crippen LogP contribution in [-0.4, -0.2) is 29.8 Å². The van der Waals surface area contributed by atoms with Crippen LogP contribution < -0.4 is 10.1 Å². The Balaban J connectivity index is 1.75. The fraction of sp³-hybridized carbons (Fsp3) is 0.500. The van der Waals surface area contributed by atoms with Crippen molar-refractivity contribution in [2.45, 2.75) is 31.2 Å². The average molecular weight is 318 g/mol. The maximum absolute atomic E-state index is 11.8. The number of nitrogens with one attached hydrogen (secondary N) is 1. The van der Waals surface area contributed by atoms with Gasteiger partial charge in [-0.05, 0) is 31.4 Å². The Morgan fingerprint density at radius 2 is 2.10 bits per heavy atom. The first kappa shape index (κ1) is 15.4. The number of hydrogen-bond donors (Lipinski definition) is 2. The summed E-state index contributed by atoms with van der Waals surface area (Å²) in [6.45, 7) is 0.248. The van der Waals surface area contributed by atoms with Crippen molar-refractivity contribution in [3.63, 3.8) is 0 Å². The minimum atomic E-state index is -0.402. The third-order valence-corrected chi connectivity index (χ3v) is 4.25. The fourth-order valence-corrected chi connectivity index (χ4v) is 2.40. The van der Waals surface area contributed by atoms with E-state index < -0.39 is 5.54 Å². The molecular formula is C14H17Cl2NO3. The summed E-state index contributed by atoms with van der Waals surface area (Å²) in [5, 5.41) is 13.0. The van der Waals surface area contributed by atoms with Gasteiger partial charge in [0.25, 0.3) is 0 Å². The van der Waals surface area contributed by atoms with Crippen LogP contribution >= 0.6 is 23.2 Å². The van der Waals surface area contributed by atoms with Gasteiger partial charge in [-0.1, -0.05) is 23.2 Å². The normalized spacial score (nSPS) is 16.4. The quantitative estimate of drug-likeness (QED) is 0.848. The molecule has 1 saturated carbocycles. The second-order valence-corrected chi connectivity index (χ2v) is 5.83. The summed E-state index contributed by atoms with van der Waals surface area (Å²) in [4.78, 5) is 11.8. The topological polar surface area (TPSA) is 58.6 Å². The predicted molar refractivity (Wildman–Crippen MR) is 78.4 cm³/mol. The van der Waals surface area contributed by atoms with Crippen molar-refractivity contribution in [2.75, 3.05) is 13.2 Å². The van der Waals surface area contributed by atoms with Gasteiger partial charge in [-0.15, -0.1) is 0 Å². The van der Waals surface area contributed by atoms with E-state index >= 15 is 0 Å². The molecule has 0 saturated heterocycles. The van der Waals surface area contributed by atoms with E-state index in [0.717, 1.165) is 19.3 Å². The summed E-state index contributed by atoms with van der Waals surface area (Å²) >= 11 is 11.7. The Kier molecular flexibility index (Phi) is 5.13. The zero-order chi connectivity index (χ0) is 14.6. The number of hydrogen-bond acceptors (Lipinski definition) is 3. The Morgan fingerprint density at radius 1 is 1.35 bits per heavy atom. The predicted octanol–water partition coefficient (Wildman–Crippen LogP) is 2.79. The Hall–Kier alpha value is -0.970. The van der Waals surface area contributed by atoms with Crippen molar-refractivity contribution < 1.29 is 14.6 Å². The minimum Gasteiger partial charge on any atom is -0.493 e. The number of ether oxygens (including phenoxy) is 1. The molecule has 1 aromatic carbocycles. The molecule has 0 atom stereocenters. The number of amides is 1. The number of rotatable bonds is 6. The van der Waals surface area contributed by atoms with Crippen LogP contribution in [0.1, 0.15) is 25.7 Å². The highest BCUT2D eigenvalue weighted by Gasteiger charge is 2.37. The molecule has 0 bridgehead atoms. The lowest BCUT2D eigenvalue weighted by Gasteiger charge is -2.40. The molecule has 4 nitrogen and oxygen atoms in total. The van der Waals surface area contributed by atoms with Gasteiger partial charge in [0.2, 0.25) is 5.91 Å². The van der Waals surface area contributed by atoms with E-state index in [1.54, 1.807) is 18.2 Å². The zero-order valence-corrected chi connectivity index (χ0v) is 12.5. The third kappa shape index (κ3) is 3.78. The second kappa shape index (κ2) is 6.66. The molecule has 20 heavy (non-hydrogen) atoms. The van der Waals surface area contributed by atoms with Crippen molar-refractivity contribution in [3.8, 4) is 5.75 Å². The van der Waals surface area contributed by atoms with Crippen molar-refractivity contribution >= 4 is 29.1 Å². The van der Waals surface area contributed by atoms with E-state index in [0.29, 0.717) is 15.8 Å². The van der Waals surface area contributed by atoms with Crippen LogP contribution in [0.15, 0.2) is 18.2 Å². The van der Waals surface area contributed by atoms with Crippen molar-refractivity contribution in [2.24, 2.45) is 0 Å². The lowest BCUT2D eigenvalue weighted by Crippen LogP contribution is -2.56. The molecule has 1 aromatic rings. The number of benzene rings is 1. The molecule has 2 N–H and O–H groups in total. The first-order valence-corrected chi connectivity index (χ1v) is 7.30. The van der Waals surface area contributed by atoms with Gasteiger partial charge in [-0.3, -0.25) is 4.79 Å². The summed E-state index contributed by atoms with van der Waals surface area (Å²) in [5.74, 6) is 0.464. The smallest absolute Gasteiger partial charge is 0.223 e. The molecule has 6 heteroatoms. The highest BCUT2D eigenvalue weighted by atomic mass is 35.5. The Morgan fingerprint density at radius 3 is 2.65 bits per heavy atom. The first-order chi connectivity index (χ1) is 9.54. The van der Waals surface area contributed by atoms with Gasteiger partial charge in [-0.25, -0.2) is 0 Å². The lowest BCUT2D eigenvalue weighted by molar-refractivity contribution is -0.125. The van der Waals surface area contributed by atoms with Crippen molar-refractivity contribution in [1.29, 1.82) is 0 Å². The molecule has 1 amide bonds. The molecule has 0 aromatic heterocycles. The van der Waals surface area contributed by atoms with E-state index in [1.807, 2.05) is 0 Å². The summed E-state index contributed by atoms with van der Waals surface area (Å²) in [5.41, 5.74) is -0.402. The van der Waals surface area contributed by atoms with Crippen LogP contribution in [0.5, 0.6) is 5.75 Å². The average Bonchev–Trinajstić information content (AvgIpc) is 2.38. The Labute approximate surface area is 128 Å². The molecule has 0 heterocycles. The number of aliphatic hydroxyl groups is 1. The monoisotopic (exact) mass is 317 g/mol. The molecule has 0 spiro atoms. The number of carbonyl (C=O) groups excluding carboxylic acids is 1. The third-order valence-electron chi connectivity index (χ3n) is 3.51.